The van der Waals surface area contributed by atoms with E-state index < -0.39 is 0 Å². The van der Waals surface area contributed by atoms with Gasteiger partial charge in [0.2, 0.25) is 0 Å². The van der Waals surface area contributed by atoms with Gasteiger partial charge in [0, 0.05) is 31.3 Å². The first kappa shape index (κ1) is 13.3. The van der Waals surface area contributed by atoms with Crippen molar-refractivity contribution in [3.05, 3.63) is 29.6 Å². The largest absolute Gasteiger partial charge is 0.508 e. The maximum Gasteiger partial charge on any atom is 0.131 e. The van der Waals surface area contributed by atoms with Gasteiger partial charge in [0.05, 0.1) is 6.10 Å². The molecule has 0 bridgehead atoms. The van der Waals surface area contributed by atoms with E-state index in [-0.39, 0.29) is 23.7 Å². The number of rotatable bonds is 3. The molecule has 100 valence electrons. The van der Waals surface area contributed by atoms with Crippen LogP contribution in [0.4, 0.5) is 4.39 Å². The smallest absolute Gasteiger partial charge is 0.131 e. The molecule has 1 aliphatic rings. The number of hydrogen-bond donors (Lipinski definition) is 1. The fourth-order valence-electron chi connectivity index (χ4n) is 2.56. The Bertz CT molecular complexity index is 411. The van der Waals surface area contributed by atoms with Crippen LogP contribution in [0.25, 0.3) is 0 Å². The number of phenolic OH excluding ortho intramolecular Hbond substituents is 1. The summed E-state index contributed by atoms with van der Waals surface area (Å²) in [5, 5.41) is 9.24. The molecule has 2 unspecified atom stereocenters. The zero-order valence-corrected chi connectivity index (χ0v) is 10.9. The van der Waals surface area contributed by atoms with E-state index in [1.807, 2.05) is 6.92 Å². The molecule has 1 N–H and O–H groups in total. The predicted octanol–water partition coefficient (Wildman–Crippen LogP) is 2.70. The van der Waals surface area contributed by atoms with Gasteiger partial charge >= 0.3 is 0 Å². The molecule has 0 aliphatic carbocycles. The molecule has 2 rings (SSSR count). The van der Waals surface area contributed by atoms with Crippen molar-refractivity contribution in [3.63, 3.8) is 0 Å². The first-order valence-electron chi connectivity index (χ1n) is 6.37. The normalized spacial score (nSPS) is 22.9. The molecule has 1 heterocycles. The standard InChI is InChI=1S/C14H20FNO2/c1-10(13-6-5-11(17)8-14(13)15)16-7-3-4-12(9-16)18-2/h5-6,8,10,12,17H,3-4,7,9H2,1-2H3. The maximum absolute atomic E-state index is 13.8. The molecule has 1 fully saturated rings. The average Bonchev–Trinajstić information content (AvgIpc) is 2.38. The van der Waals surface area contributed by atoms with Gasteiger partial charge in [-0.05, 0) is 32.4 Å². The van der Waals surface area contributed by atoms with Crippen LogP contribution in [-0.4, -0.2) is 36.3 Å². The molecular formula is C14H20FNO2. The van der Waals surface area contributed by atoms with Crippen LogP contribution in [-0.2, 0) is 4.74 Å². The highest BCUT2D eigenvalue weighted by Crippen LogP contribution is 2.28. The highest BCUT2D eigenvalue weighted by molar-refractivity contribution is 5.29. The third kappa shape index (κ3) is 2.82. The van der Waals surface area contributed by atoms with Gasteiger partial charge in [0.15, 0.2) is 0 Å². The van der Waals surface area contributed by atoms with Crippen LogP contribution in [0.5, 0.6) is 5.75 Å². The number of aromatic hydroxyl groups is 1. The summed E-state index contributed by atoms with van der Waals surface area (Å²) < 4.78 is 19.2. The number of nitrogens with zero attached hydrogens (tertiary/aromatic N) is 1. The lowest BCUT2D eigenvalue weighted by Crippen LogP contribution is -2.40. The Hall–Kier alpha value is -1.13. The highest BCUT2D eigenvalue weighted by atomic mass is 19.1. The van der Waals surface area contributed by atoms with Gasteiger partial charge in [-0.2, -0.15) is 0 Å². The molecule has 0 saturated carbocycles. The SMILES string of the molecule is COC1CCCN(C(C)c2ccc(O)cc2F)C1. The van der Waals surface area contributed by atoms with Crippen LogP contribution < -0.4 is 0 Å². The van der Waals surface area contributed by atoms with Crippen LogP contribution in [0.2, 0.25) is 0 Å². The topological polar surface area (TPSA) is 32.7 Å². The summed E-state index contributed by atoms with van der Waals surface area (Å²) in [7, 11) is 1.72. The van der Waals surface area contributed by atoms with Crippen molar-refractivity contribution >= 4 is 0 Å². The van der Waals surface area contributed by atoms with E-state index in [0.717, 1.165) is 25.9 Å². The Morgan fingerprint density at radius 2 is 2.28 bits per heavy atom. The van der Waals surface area contributed by atoms with Crippen molar-refractivity contribution in [2.24, 2.45) is 0 Å². The lowest BCUT2D eigenvalue weighted by molar-refractivity contribution is 0.0165. The lowest BCUT2D eigenvalue weighted by atomic mass is 10.0. The van der Waals surface area contributed by atoms with Crippen LogP contribution in [0.15, 0.2) is 18.2 Å². The Kier molecular flexibility index (Phi) is 4.19. The quantitative estimate of drug-likeness (QED) is 0.899. The number of ether oxygens (including phenoxy) is 1. The molecule has 3 nitrogen and oxygen atoms in total. The molecule has 1 aromatic rings. The minimum absolute atomic E-state index is 0.00329. The van der Waals surface area contributed by atoms with Gasteiger partial charge in [-0.3, -0.25) is 4.90 Å². The van der Waals surface area contributed by atoms with Gasteiger partial charge in [-0.25, -0.2) is 4.39 Å². The second-order valence-corrected chi connectivity index (χ2v) is 4.88. The third-order valence-electron chi connectivity index (χ3n) is 3.72. The van der Waals surface area contributed by atoms with Gasteiger partial charge in [-0.1, -0.05) is 6.07 Å². The Morgan fingerprint density at radius 1 is 1.50 bits per heavy atom. The highest BCUT2D eigenvalue weighted by Gasteiger charge is 2.25. The van der Waals surface area contributed by atoms with E-state index in [0.29, 0.717) is 5.56 Å². The molecule has 18 heavy (non-hydrogen) atoms. The third-order valence-corrected chi connectivity index (χ3v) is 3.72. The van der Waals surface area contributed by atoms with Crippen molar-refractivity contribution in [2.45, 2.75) is 31.9 Å². The summed E-state index contributed by atoms with van der Waals surface area (Å²) >= 11 is 0. The number of methoxy groups -OCH3 is 1. The maximum atomic E-state index is 13.8. The van der Waals surface area contributed by atoms with Crippen LogP contribution in [0.3, 0.4) is 0 Å². The molecule has 1 aliphatic heterocycles. The Labute approximate surface area is 107 Å². The number of halogens is 1. The lowest BCUT2D eigenvalue weighted by Gasteiger charge is -2.36. The molecule has 1 saturated heterocycles. The monoisotopic (exact) mass is 253 g/mol. The molecule has 1 aromatic carbocycles. The molecule has 4 heteroatoms. The number of likely N-dealkylation sites (tertiary alicyclic amines) is 1. The molecular weight excluding hydrogens is 233 g/mol. The van der Waals surface area contributed by atoms with Gasteiger partial charge in [0.25, 0.3) is 0 Å². The molecule has 0 radical (unpaired) electrons. The van der Waals surface area contributed by atoms with E-state index in [9.17, 15) is 9.50 Å². The van der Waals surface area contributed by atoms with E-state index in [4.69, 9.17) is 4.74 Å². The molecule has 0 spiro atoms. The summed E-state index contributed by atoms with van der Waals surface area (Å²) in [5.41, 5.74) is 0.629. The first-order chi connectivity index (χ1) is 8.61. The summed E-state index contributed by atoms with van der Waals surface area (Å²) in [4.78, 5) is 2.23. The minimum Gasteiger partial charge on any atom is -0.508 e. The second-order valence-electron chi connectivity index (χ2n) is 4.88. The Balaban J connectivity index is 2.12. The van der Waals surface area contributed by atoms with Crippen molar-refractivity contribution in [2.75, 3.05) is 20.2 Å². The van der Waals surface area contributed by atoms with Crippen LogP contribution in [0.1, 0.15) is 31.4 Å². The van der Waals surface area contributed by atoms with E-state index >= 15 is 0 Å². The van der Waals surface area contributed by atoms with E-state index in [1.54, 1.807) is 13.2 Å². The van der Waals surface area contributed by atoms with Crippen molar-refractivity contribution in [1.82, 2.24) is 4.90 Å². The second kappa shape index (κ2) is 5.67. The summed E-state index contributed by atoms with van der Waals surface area (Å²) in [5.74, 6) is -0.376. The summed E-state index contributed by atoms with van der Waals surface area (Å²) in [6.07, 6.45) is 2.38. The number of benzene rings is 1. The predicted molar refractivity (Wildman–Crippen MR) is 68.1 cm³/mol. The summed E-state index contributed by atoms with van der Waals surface area (Å²) in [6.45, 7) is 3.78. The molecule has 2 atom stereocenters. The van der Waals surface area contributed by atoms with Crippen LogP contribution in [0, 0.1) is 5.82 Å². The minimum atomic E-state index is -0.345. The Morgan fingerprint density at radius 3 is 2.94 bits per heavy atom. The van der Waals surface area contributed by atoms with Crippen molar-refractivity contribution in [1.29, 1.82) is 0 Å². The zero-order valence-electron chi connectivity index (χ0n) is 10.9. The number of hydrogen-bond acceptors (Lipinski definition) is 3. The van der Waals surface area contributed by atoms with E-state index in [1.165, 1.54) is 12.1 Å². The number of piperidine rings is 1. The fourth-order valence-corrected chi connectivity index (χ4v) is 2.56. The van der Waals surface area contributed by atoms with E-state index in [2.05, 4.69) is 4.90 Å². The zero-order chi connectivity index (χ0) is 13.1. The van der Waals surface area contributed by atoms with Gasteiger partial charge < -0.3 is 9.84 Å². The van der Waals surface area contributed by atoms with Crippen molar-refractivity contribution in [3.8, 4) is 5.75 Å². The molecule has 0 aromatic heterocycles. The first-order valence-corrected chi connectivity index (χ1v) is 6.37. The van der Waals surface area contributed by atoms with Crippen molar-refractivity contribution < 1.29 is 14.2 Å². The number of phenols is 1. The van der Waals surface area contributed by atoms with Gasteiger partial charge in [0.1, 0.15) is 11.6 Å². The van der Waals surface area contributed by atoms with Crippen LogP contribution >= 0.6 is 0 Å². The molecule has 0 amide bonds. The fraction of sp³-hybridized carbons (Fsp3) is 0.571. The average molecular weight is 253 g/mol. The van der Waals surface area contributed by atoms with Gasteiger partial charge in [-0.15, -0.1) is 0 Å². The summed E-state index contributed by atoms with van der Waals surface area (Å²) in [6, 6.07) is 4.37.